The van der Waals surface area contributed by atoms with Gasteiger partial charge in [-0.2, -0.15) is 0 Å². The summed E-state index contributed by atoms with van der Waals surface area (Å²) in [6.45, 7) is 4.28. The van der Waals surface area contributed by atoms with Gasteiger partial charge in [0, 0.05) is 18.0 Å². The molecule has 5 heteroatoms. The molecule has 5 nitrogen and oxygen atoms in total. The Bertz CT molecular complexity index is 446. The van der Waals surface area contributed by atoms with Crippen molar-refractivity contribution in [3.05, 3.63) is 29.8 Å². The number of hydrogen-bond acceptors (Lipinski definition) is 3. The molecule has 1 aromatic rings. The molecule has 0 heterocycles. The number of rotatable bonds is 7. The van der Waals surface area contributed by atoms with Gasteiger partial charge < -0.3 is 15.8 Å². The summed E-state index contributed by atoms with van der Waals surface area (Å²) in [6.07, 6.45) is 0.798. The van der Waals surface area contributed by atoms with Crippen LogP contribution in [0.3, 0.4) is 0 Å². The smallest absolute Gasteiger partial charge is 0.251 e. The minimum Gasteiger partial charge on any atom is -0.494 e. The highest BCUT2D eigenvalue weighted by atomic mass is 16.5. The summed E-state index contributed by atoms with van der Waals surface area (Å²) in [7, 11) is 0. The molecular formula is C14H20N2O3. The summed E-state index contributed by atoms with van der Waals surface area (Å²) < 4.78 is 5.34. The first-order valence-corrected chi connectivity index (χ1v) is 6.35. The van der Waals surface area contributed by atoms with E-state index >= 15 is 0 Å². The SMILES string of the molecule is CCOc1cccc(C(=O)NC(C)CCC(N)=O)c1. The Kier molecular flexibility index (Phi) is 5.85. The van der Waals surface area contributed by atoms with E-state index in [1.807, 2.05) is 13.8 Å². The van der Waals surface area contributed by atoms with Crippen LogP contribution in [0.4, 0.5) is 0 Å². The summed E-state index contributed by atoms with van der Waals surface area (Å²) in [5, 5.41) is 2.82. The maximum atomic E-state index is 12.0. The Balaban J connectivity index is 2.57. The van der Waals surface area contributed by atoms with Crippen molar-refractivity contribution in [3.63, 3.8) is 0 Å². The molecule has 0 radical (unpaired) electrons. The van der Waals surface area contributed by atoms with Gasteiger partial charge in [0.05, 0.1) is 6.61 Å². The van der Waals surface area contributed by atoms with Gasteiger partial charge in [-0.3, -0.25) is 9.59 Å². The van der Waals surface area contributed by atoms with Crippen molar-refractivity contribution in [1.29, 1.82) is 0 Å². The zero-order valence-electron chi connectivity index (χ0n) is 11.3. The zero-order valence-corrected chi connectivity index (χ0v) is 11.3. The van der Waals surface area contributed by atoms with Gasteiger partial charge in [-0.05, 0) is 38.5 Å². The monoisotopic (exact) mass is 264 g/mol. The molecule has 2 amide bonds. The molecule has 0 aliphatic rings. The van der Waals surface area contributed by atoms with Gasteiger partial charge in [0.15, 0.2) is 0 Å². The van der Waals surface area contributed by atoms with Crippen LogP contribution < -0.4 is 15.8 Å². The van der Waals surface area contributed by atoms with Crippen LogP contribution in [0.25, 0.3) is 0 Å². The van der Waals surface area contributed by atoms with E-state index in [0.717, 1.165) is 0 Å². The van der Waals surface area contributed by atoms with Crippen molar-refractivity contribution < 1.29 is 14.3 Å². The van der Waals surface area contributed by atoms with Gasteiger partial charge in [0.1, 0.15) is 5.75 Å². The second kappa shape index (κ2) is 7.41. The second-order valence-corrected chi connectivity index (χ2v) is 4.34. The van der Waals surface area contributed by atoms with Crippen LogP contribution in [0.2, 0.25) is 0 Å². The molecular weight excluding hydrogens is 244 g/mol. The van der Waals surface area contributed by atoms with E-state index in [-0.39, 0.29) is 24.3 Å². The predicted molar refractivity (Wildman–Crippen MR) is 73.0 cm³/mol. The summed E-state index contributed by atoms with van der Waals surface area (Å²) in [5.74, 6) is 0.123. The topological polar surface area (TPSA) is 81.4 Å². The maximum absolute atomic E-state index is 12.0. The van der Waals surface area contributed by atoms with E-state index in [1.54, 1.807) is 24.3 Å². The molecule has 1 atom stereocenters. The van der Waals surface area contributed by atoms with Crippen molar-refractivity contribution in [2.45, 2.75) is 32.7 Å². The number of nitrogens with one attached hydrogen (secondary N) is 1. The Hall–Kier alpha value is -2.04. The molecule has 0 saturated carbocycles. The molecule has 1 aromatic carbocycles. The minimum atomic E-state index is -0.362. The predicted octanol–water partition coefficient (Wildman–Crippen LogP) is 1.47. The number of benzene rings is 1. The van der Waals surface area contributed by atoms with Crippen molar-refractivity contribution in [3.8, 4) is 5.75 Å². The van der Waals surface area contributed by atoms with E-state index in [9.17, 15) is 9.59 Å². The first-order valence-electron chi connectivity index (χ1n) is 6.35. The standard InChI is InChI=1S/C14H20N2O3/c1-3-19-12-6-4-5-11(9-12)14(18)16-10(2)7-8-13(15)17/h4-6,9-10H,3,7-8H2,1-2H3,(H2,15,17)(H,16,18). The highest BCUT2D eigenvalue weighted by Gasteiger charge is 2.11. The number of primary amides is 1. The minimum absolute atomic E-state index is 0.101. The normalized spacial score (nSPS) is 11.7. The third-order valence-corrected chi connectivity index (χ3v) is 2.61. The first kappa shape index (κ1) is 15.0. The fourth-order valence-electron chi connectivity index (χ4n) is 1.63. The van der Waals surface area contributed by atoms with E-state index in [2.05, 4.69) is 5.32 Å². The Labute approximate surface area is 113 Å². The van der Waals surface area contributed by atoms with Crippen molar-refractivity contribution in [2.24, 2.45) is 5.73 Å². The summed E-state index contributed by atoms with van der Waals surface area (Å²) in [6, 6.07) is 6.89. The van der Waals surface area contributed by atoms with Crippen LogP contribution in [0.5, 0.6) is 5.75 Å². The van der Waals surface area contributed by atoms with Crippen molar-refractivity contribution >= 4 is 11.8 Å². The Morgan fingerprint density at radius 3 is 2.79 bits per heavy atom. The third kappa shape index (κ3) is 5.42. The molecule has 3 N–H and O–H groups in total. The van der Waals surface area contributed by atoms with Crippen LogP contribution >= 0.6 is 0 Å². The largest absolute Gasteiger partial charge is 0.494 e. The molecule has 1 rings (SSSR count). The highest BCUT2D eigenvalue weighted by Crippen LogP contribution is 2.13. The number of carbonyl (C=O) groups excluding carboxylic acids is 2. The van der Waals surface area contributed by atoms with Gasteiger partial charge >= 0.3 is 0 Å². The van der Waals surface area contributed by atoms with Gasteiger partial charge in [0.25, 0.3) is 5.91 Å². The van der Waals surface area contributed by atoms with Crippen LogP contribution in [0.1, 0.15) is 37.0 Å². The number of carbonyl (C=O) groups is 2. The third-order valence-electron chi connectivity index (χ3n) is 2.61. The highest BCUT2D eigenvalue weighted by molar-refractivity contribution is 5.94. The zero-order chi connectivity index (χ0) is 14.3. The molecule has 0 saturated heterocycles. The first-order chi connectivity index (χ1) is 9.02. The molecule has 0 spiro atoms. The quantitative estimate of drug-likeness (QED) is 0.782. The summed E-state index contributed by atoms with van der Waals surface area (Å²) in [4.78, 5) is 22.6. The van der Waals surface area contributed by atoms with Gasteiger partial charge in [0.2, 0.25) is 5.91 Å². The number of ether oxygens (including phenoxy) is 1. The van der Waals surface area contributed by atoms with Crippen LogP contribution in [0, 0.1) is 0 Å². The maximum Gasteiger partial charge on any atom is 0.251 e. The molecule has 0 aliphatic carbocycles. The second-order valence-electron chi connectivity index (χ2n) is 4.34. The van der Waals surface area contributed by atoms with Crippen LogP contribution in [-0.4, -0.2) is 24.5 Å². The number of nitrogens with two attached hydrogens (primary N) is 1. The van der Waals surface area contributed by atoms with Crippen molar-refractivity contribution in [2.75, 3.05) is 6.61 Å². The molecule has 0 bridgehead atoms. The lowest BCUT2D eigenvalue weighted by Gasteiger charge is -2.13. The Morgan fingerprint density at radius 1 is 1.42 bits per heavy atom. The van der Waals surface area contributed by atoms with E-state index in [1.165, 1.54) is 0 Å². The van der Waals surface area contributed by atoms with Gasteiger partial charge in [-0.25, -0.2) is 0 Å². The lowest BCUT2D eigenvalue weighted by Crippen LogP contribution is -2.33. The number of amides is 2. The lowest BCUT2D eigenvalue weighted by molar-refractivity contribution is -0.118. The average molecular weight is 264 g/mol. The van der Waals surface area contributed by atoms with E-state index in [0.29, 0.717) is 24.3 Å². The fraction of sp³-hybridized carbons (Fsp3) is 0.429. The molecule has 1 unspecified atom stereocenters. The molecule has 104 valence electrons. The number of hydrogen-bond donors (Lipinski definition) is 2. The van der Waals surface area contributed by atoms with E-state index in [4.69, 9.17) is 10.5 Å². The van der Waals surface area contributed by atoms with Crippen LogP contribution in [-0.2, 0) is 4.79 Å². The molecule has 19 heavy (non-hydrogen) atoms. The van der Waals surface area contributed by atoms with Gasteiger partial charge in [-0.1, -0.05) is 6.07 Å². The van der Waals surface area contributed by atoms with Crippen LogP contribution in [0.15, 0.2) is 24.3 Å². The molecule has 0 aliphatic heterocycles. The fourth-order valence-corrected chi connectivity index (χ4v) is 1.63. The molecule has 0 fully saturated rings. The Morgan fingerprint density at radius 2 is 2.16 bits per heavy atom. The van der Waals surface area contributed by atoms with Crippen molar-refractivity contribution in [1.82, 2.24) is 5.32 Å². The average Bonchev–Trinajstić information content (AvgIpc) is 2.37. The van der Waals surface area contributed by atoms with Gasteiger partial charge in [-0.15, -0.1) is 0 Å². The molecule has 0 aromatic heterocycles. The summed E-state index contributed by atoms with van der Waals surface area (Å²) >= 11 is 0. The lowest BCUT2D eigenvalue weighted by atomic mass is 10.1. The van der Waals surface area contributed by atoms with E-state index < -0.39 is 0 Å². The summed E-state index contributed by atoms with van der Waals surface area (Å²) in [5.41, 5.74) is 5.61.